The van der Waals surface area contributed by atoms with Gasteiger partial charge in [0.25, 0.3) is 0 Å². The predicted molar refractivity (Wildman–Crippen MR) is 96.1 cm³/mol. The van der Waals surface area contributed by atoms with Crippen molar-refractivity contribution in [2.75, 3.05) is 32.0 Å². The Labute approximate surface area is 151 Å². The molecule has 0 unspecified atom stereocenters. The van der Waals surface area contributed by atoms with Crippen LogP contribution in [-0.4, -0.2) is 42.6 Å². The van der Waals surface area contributed by atoms with Gasteiger partial charge in [0.15, 0.2) is 5.96 Å². The average molecular weight is 370 g/mol. The Morgan fingerprint density at radius 2 is 2.00 bits per heavy atom. The van der Waals surface area contributed by atoms with Gasteiger partial charge in [0.2, 0.25) is 5.95 Å². The summed E-state index contributed by atoms with van der Waals surface area (Å²) in [6, 6.07) is 0.844. The largest absolute Gasteiger partial charge is 0.433 e. The van der Waals surface area contributed by atoms with Gasteiger partial charge in [-0.15, -0.1) is 0 Å². The maximum absolute atomic E-state index is 12.6. The van der Waals surface area contributed by atoms with E-state index in [0.717, 1.165) is 25.2 Å². The Balaban J connectivity index is 1.67. The second-order valence-corrected chi connectivity index (χ2v) is 5.97. The third kappa shape index (κ3) is 6.89. The smallest absolute Gasteiger partial charge is 0.356 e. The van der Waals surface area contributed by atoms with Crippen molar-refractivity contribution in [3.63, 3.8) is 0 Å². The van der Waals surface area contributed by atoms with Crippen molar-refractivity contribution in [1.82, 2.24) is 20.6 Å². The van der Waals surface area contributed by atoms with Crippen LogP contribution >= 0.6 is 0 Å². The molecule has 0 radical (unpaired) electrons. The molecule has 26 heavy (non-hydrogen) atoms. The monoisotopic (exact) mass is 370 g/mol. The van der Waals surface area contributed by atoms with Crippen LogP contribution in [0.1, 0.15) is 37.8 Å². The number of alkyl halides is 3. The molecule has 0 aromatic carbocycles. The highest BCUT2D eigenvalue weighted by Crippen LogP contribution is 2.27. The average Bonchev–Trinajstić information content (AvgIpc) is 2.64. The normalized spacial score (nSPS) is 15.4. The highest BCUT2D eigenvalue weighted by atomic mass is 19.4. The molecule has 0 saturated heterocycles. The van der Waals surface area contributed by atoms with Crippen LogP contribution in [0.2, 0.25) is 0 Å². The lowest BCUT2D eigenvalue weighted by atomic mass is 9.97. The number of anilines is 1. The Morgan fingerprint density at radius 1 is 1.19 bits per heavy atom. The van der Waals surface area contributed by atoms with Crippen molar-refractivity contribution in [2.45, 2.75) is 38.3 Å². The second kappa shape index (κ2) is 9.98. The van der Waals surface area contributed by atoms with Crippen molar-refractivity contribution < 1.29 is 13.2 Å². The van der Waals surface area contributed by atoms with Gasteiger partial charge in [-0.25, -0.2) is 9.97 Å². The number of nitrogens with zero attached hydrogens (tertiary/aromatic N) is 3. The molecule has 0 saturated carbocycles. The number of aromatic nitrogens is 2. The summed E-state index contributed by atoms with van der Waals surface area (Å²) in [5.41, 5.74) is 0.528. The minimum atomic E-state index is -4.47. The molecule has 0 bridgehead atoms. The van der Waals surface area contributed by atoms with Gasteiger partial charge in [0.05, 0.1) is 0 Å². The number of allylic oxidation sites excluding steroid dienone is 1. The summed E-state index contributed by atoms with van der Waals surface area (Å²) >= 11 is 0. The quantitative estimate of drug-likeness (QED) is 0.298. The zero-order valence-corrected chi connectivity index (χ0v) is 14.9. The molecule has 1 aromatic heterocycles. The van der Waals surface area contributed by atoms with Crippen LogP contribution in [0.5, 0.6) is 0 Å². The number of halogens is 3. The van der Waals surface area contributed by atoms with Gasteiger partial charge in [0.1, 0.15) is 5.69 Å². The summed E-state index contributed by atoms with van der Waals surface area (Å²) in [6.45, 7) is 1.64. The minimum Gasteiger partial charge on any atom is -0.356 e. The number of nitrogens with one attached hydrogen (secondary N) is 3. The number of rotatable bonds is 7. The third-order valence-electron chi connectivity index (χ3n) is 3.99. The highest BCUT2D eigenvalue weighted by Gasteiger charge is 2.32. The SMILES string of the molecule is CN=C(NCCNc1nccc(C(F)(F)F)n1)NCCC1=CCCCC1. The van der Waals surface area contributed by atoms with Crippen LogP contribution < -0.4 is 16.0 Å². The molecule has 3 N–H and O–H groups in total. The molecule has 0 amide bonds. The lowest BCUT2D eigenvalue weighted by Crippen LogP contribution is -2.40. The molecule has 2 rings (SSSR count). The van der Waals surface area contributed by atoms with Crippen molar-refractivity contribution in [1.29, 1.82) is 0 Å². The summed E-state index contributed by atoms with van der Waals surface area (Å²) in [6.07, 6.45) is 4.83. The maximum Gasteiger partial charge on any atom is 0.433 e. The van der Waals surface area contributed by atoms with Crippen LogP contribution in [-0.2, 0) is 6.18 Å². The van der Waals surface area contributed by atoms with Crippen LogP contribution in [0.15, 0.2) is 28.9 Å². The van der Waals surface area contributed by atoms with E-state index in [2.05, 4.69) is 37.0 Å². The van der Waals surface area contributed by atoms with Crippen LogP contribution in [0, 0.1) is 0 Å². The van der Waals surface area contributed by atoms with Crippen molar-refractivity contribution >= 4 is 11.9 Å². The molecule has 144 valence electrons. The van der Waals surface area contributed by atoms with Gasteiger partial charge >= 0.3 is 6.18 Å². The third-order valence-corrected chi connectivity index (χ3v) is 3.99. The Kier molecular flexibility index (Phi) is 7.68. The maximum atomic E-state index is 12.6. The molecule has 1 aliphatic rings. The van der Waals surface area contributed by atoms with Gasteiger partial charge in [-0.1, -0.05) is 11.6 Å². The van der Waals surface area contributed by atoms with Crippen LogP contribution in [0.4, 0.5) is 19.1 Å². The number of aliphatic imine (C=N–C) groups is 1. The number of guanidine groups is 1. The van der Waals surface area contributed by atoms with Gasteiger partial charge in [0, 0.05) is 32.9 Å². The molecular weight excluding hydrogens is 345 g/mol. The van der Waals surface area contributed by atoms with Crippen molar-refractivity contribution in [3.05, 3.63) is 29.6 Å². The molecule has 1 aliphatic carbocycles. The van der Waals surface area contributed by atoms with E-state index in [9.17, 15) is 13.2 Å². The lowest BCUT2D eigenvalue weighted by molar-refractivity contribution is -0.141. The number of hydrogen-bond donors (Lipinski definition) is 3. The molecule has 0 fully saturated rings. The first-order valence-corrected chi connectivity index (χ1v) is 8.75. The predicted octanol–water partition coefficient (Wildman–Crippen LogP) is 2.96. The van der Waals surface area contributed by atoms with Gasteiger partial charge in [-0.3, -0.25) is 4.99 Å². The summed E-state index contributed by atoms with van der Waals surface area (Å²) in [5.74, 6) is 0.613. The summed E-state index contributed by atoms with van der Waals surface area (Å²) in [7, 11) is 1.68. The van der Waals surface area contributed by atoms with Gasteiger partial charge in [-0.2, -0.15) is 13.2 Å². The molecular formula is C17H25F3N6. The molecule has 1 heterocycles. The number of hydrogen-bond acceptors (Lipinski definition) is 4. The molecule has 0 atom stereocenters. The summed E-state index contributed by atoms with van der Waals surface area (Å²) in [4.78, 5) is 11.4. The van der Waals surface area contributed by atoms with Crippen molar-refractivity contribution in [3.8, 4) is 0 Å². The minimum absolute atomic E-state index is 0.0474. The van der Waals surface area contributed by atoms with E-state index in [0.29, 0.717) is 19.0 Å². The second-order valence-electron chi connectivity index (χ2n) is 5.97. The fourth-order valence-electron chi connectivity index (χ4n) is 2.65. The van der Waals surface area contributed by atoms with E-state index < -0.39 is 11.9 Å². The summed E-state index contributed by atoms with van der Waals surface area (Å²) in [5, 5.41) is 9.10. The van der Waals surface area contributed by atoms with E-state index in [-0.39, 0.29) is 5.95 Å². The fraction of sp³-hybridized carbons (Fsp3) is 0.588. The van der Waals surface area contributed by atoms with E-state index in [1.807, 2.05) is 0 Å². The van der Waals surface area contributed by atoms with Crippen molar-refractivity contribution in [2.24, 2.45) is 4.99 Å². The van der Waals surface area contributed by atoms with Crippen LogP contribution in [0.3, 0.4) is 0 Å². The first-order chi connectivity index (χ1) is 12.5. The lowest BCUT2D eigenvalue weighted by Gasteiger charge is -2.15. The first kappa shape index (κ1) is 20.0. The van der Waals surface area contributed by atoms with E-state index in [1.54, 1.807) is 7.05 Å². The molecule has 0 aliphatic heterocycles. The van der Waals surface area contributed by atoms with Gasteiger partial charge < -0.3 is 16.0 Å². The van der Waals surface area contributed by atoms with E-state index in [1.165, 1.54) is 31.3 Å². The topological polar surface area (TPSA) is 74.2 Å². The fourth-order valence-corrected chi connectivity index (χ4v) is 2.65. The zero-order valence-electron chi connectivity index (χ0n) is 14.9. The standard InChI is InChI=1S/C17H25F3N6/c1-21-15(22-9-7-13-5-3-2-4-6-13)24-11-12-25-16-23-10-8-14(26-16)17(18,19)20/h5,8,10H,2-4,6-7,9,11-12H2,1H3,(H2,21,22,24)(H,23,25,26). The van der Waals surface area contributed by atoms with Gasteiger partial charge in [-0.05, 0) is 38.2 Å². The Morgan fingerprint density at radius 3 is 2.69 bits per heavy atom. The van der Waals surface area contributed by atoms with Crippen LogP contribution in [0.25, 0.3) is 0 Å². The highest BCUT2D eigenvalue weighted by molar-refractivity contribution is 5.79. The molecule has 6 nitrogen and oxygen atoms in total. The molecule has 0 spiro atoms. The van der Waals surface area contributed by atoms with E-state index in [4.69, 9.17) is 0 Å². The Bertz CT molecular complexity index is 627. The Hall–Kier alpha value is -2.32. The first-order valence-electron chi connectivity index (χ1n) is 8.75. The zero-order chi connectivity index (χ0) is 18.8. The molecule has 9 heteroatoms. The summed E-state index contributed by atoms with van der Waals surface area (Å²) < 4.78 is 37.8. The molecule has 1 aromatic rings. The van der Waals surface area contributed by atoms with E-state index >= 15 is 0 Å².